The summed E-state index contributed by atoms with van der Waals surface area (Å²) in [5.74, 6) is -2.13. The Morgan fingerprint density at radius 3 is 2.67 bits per heavy atom. The monoisotopic (exact) mass is 412 g/mol. The van der Waals surface area contributed by atoms with Crippen molar-refractivity contribution in [2.45, 2.75) is 6.92 Å². The highest BCUT2D eigenvalue weighted by atomic mass is 32.1. The molecule has 7 heteroatoms. The molecule has 1 aliphatic rings. The summed E-state index contributed by atoms with van der Waals surface area (Å²) in [6.07, 6.45) is 3.14. The molecule has 3 heterocycles. The number of hydrogen-bond acceptors (Lipinski definition) is 5. The first-order valence-corrected chi connectivity index (χ1v) is 10.1. The Bertz CT molecular complexity index is 1240. The number of carbonyl (C=O) groups excluding carboxylic acids is 2. The number of nitrogens with zero attached hydrogens (tertiary/aromatic N) is 3. The molecule has 1 unspecified atom stereocenters. The van der Waals surface area contributed by atoms with Crippen molar-refractivity contribution < 1.29 is 9.59 Å². The maximum absolute atomic E-state index is 12.7. The lowest BCUT2D eigenvalue weighted by molar-refractivity contribution is -0.128. The number of nitriles is 1. The molecular formula is C23H16N4O2S. The molecule has 0 bridgehead atoms. The molecule has 0 saturated heterocycles. The SMILES string of the molecule is Cc1cccc(C2=NC(=O)C(C(=O)Nc3scc(-c4ccccc4)c3C#N)C=C2)n1. The summed E-state index contributed by atoms with van der Waals surface area (Å²) in [6.45, 7) is 1.85. The average Bonchev–Trinajstić information content (AvgIpc) is 3.16. The van der Waals surface area contributed by atoms with E-state index in [1.165, 1.54) is 17.4 Å². The number of amides is 2. The third kappa shape index (κ3) is 3.81. The van der Waals surface area contributed by atoms with Crippen molar-refractivity contribution >= 4 is 33.9 Å². The van der Waals surface area contributed by atoms with Crippen LogP contribution >= 0.6 is 11.3 Å². The van der Waals surface area contributed by atoms with Gasteiger partial charge in [-0.2, -0.15) is 5.26 Å². The van der Waals surface area contributed by atoms with E-state index in [1.54, 1.807) is 12.1 Å². The molecule has 0 spiro atoms. The van der Waals surface area contributed by atoms with E-state index < -0.39 is 17.7 Å². The van der Waals surface area contributed by atoms with Gasteiger partial charge in [-0.15, -0.1) is 11.3 Å². The molecule has 0 fully saturated rings. The first-order valence-electron chi connectivity index (χ1n) is 9.19. The lowest BCUT2D eigenvalue weighted by Gasteiger charge is -2.14. The van der Waals surface area contributed by atoms with Crippen molar-refractivity contribution in [1.29, 1.82) is 5.26 Å². The first-order chi connectivity index (χ1) is 14.6. The number of aliphatic imine (C=N–C) groups is 1. The summed E-state index contributed by atoms with van der Waals surface area (Å²) in [5.41, 5.74) is 3.82. The Morgan fingerprint density at radius 2 is 1.97 bits per heavy atom. The van der Waals surface area contributed by atoms with Crippen LogP contribution in [0.3, 0.4) is 0 Å². The number of hydrogen-bond donors (Lipinski definition) is 1. The summed E-state index contributed by atoms with van der Waals surface area (Å²) in [5, 5.41) is 14.6. The summed E-state index contributed by atoms with van der Waals surface area (Å²) in [4.78, 5) is 33.6. The van der Waals surface area contributed by atoms with E-state index in [0.717, 1.165) is 16.8 Å². The van der Waals surface area contributed by atoms with Crippen LogP contribution in [-0.2, 0) is 9.59 Å². The van der Waals surface area contributed by atoms with E-state index in [0.29, 0.717) is 22.0 Å². The Balaban J connectivity index is 1.53. The summed E-state index contributed by atoms with van der Waals surface area (Å²) in [6, 6.07) is 17.1. The molecule has 1 aromatic carbocycles. The standard InChI is InChI=1S/C23H16N4O2S/c1-14-6-5-9-19(25-14)20-11-10-16(21(28)26-20)22(29)27-23-17(12-24)18(13-30-23)15-7-3-2-4-8-15/h2-11,13,16H,1H3,(H,27,29). The zero-order valence-corrected chi connectivity index (χ0v) is 16.8. The first kappa shape index (κ1) is 19.4. The van der Waals surface area contributed by atoms with Gasteiger partial charge in [-0.1, -0.05) is 42.5 Å². The zero-order valence-electron chi connectivity index (χ0n) is 16.0. The number of thiophene rings is 1. The Labute approximate surface area is 177 Å². The van der Waals surface area contributed by atoms with Crippen molar-refractivity contribution in [3.8, 4) is 17.2 Å². The van der Waals surface area contributed by atoms with Crippen molar-refractivity contribution in [2.24, 2.45) is 10.9 Å². The molecule has 0 aliphatic carbocycles. The molecule has 0 radical (unpaired) electrons. The topological polar surface area (TPSA) is 95.2 Å². The average molecular weight is 412 g/mol. The second-order valence-electron chi connectivity index (χ2n) is 6.66. The van der Waals surface area contributed by atoms with Gasteiger partial charge in [0.1, 0.15) is 17.0 Å². The minimum Gasteiger partial charge on any atom is -0.316 e. The van der Waals surface area contributed by atoms with Crippen LogP contribution in [-0.4, -0.2) is 22.5 Å². The molecule has 0 saturated carbocycles. The van der Waals surface area contributed by atoms with E-state index in [4.69, 9.17) is 0 Å². The molecule has 1 atom stereocenters. The Hall–Kier alpha value is -3.89. The van der Waals surface area contributed by atoms with E-state index in [2.05, 4.69) is 21.4 Å². The predicted molar refractivity (Wildman–Crippen MR) is 116 cm³/mol. The number of allylic oxidation sites excluding steroid dienone is 1. The minimum atomic E-state index is -1.05. The van der Waals surface area contributed by atoms with E-state index in [-0.39, 0.29) is 0 Å². The fourth-order valence-electron chi connectivity index (χ4n) is 3.10. The maximum atomic E-state index is 12.7. The number of carbonyl (C=O) groups is 2. The van der Waals surface area contributed by atoms with Crippen molar-refractivity contribution in [2.75, 3.05) is 5.32 Å². The van der Waals surface area contributed by atoms with Gasteiger partial charge in [-0.25, -0.2) is 4.99 Å². The van der Waals surface area contributed by atoms with Gasteiger partial charge in [0.05, 0.1) is 17.0 Å². The molecule has 2 aromatic heterocycles. The van der Waals surface area contributed by atoms with Gasteiger partial charge in [0.15, 0.2) is 0 Å². The van der Waals surface area contributed by atoms with Crippen molar-refractivity contribution in [3.05, 3.63) is 83.0 Å². The quantitative estimate of drug-likeness (QED) is 0.652. The molecule has 30 heavy (non-hydrogen) atoms. The van der Waals surface area contributed by atoms with Crippen LogP contribution in [0.5, 0.6) is 0 Å². The Kier molecular flexibility index (Phi) is 5.33. The largest absolute Gasteiger partial charge is 0.316 e. The normalized spacial score (nSPS) is 15.4. The van der Waals surface area contributed by atoms with Crippen LogP contribution in [0, 0.1) is 24.2 Å². The summed E-state index contributed by atoms with van der Waals surface area (Å²) in [7, 11) is 0. The molecule has 146 valence electrons. The smallest absolute Gasteiger partial charge is 0.262 e. The van der Waals surface area contributed by atoms with Crippen LogP contribution in [0.2, 0.25) is 0 Å². The highest BCUT2D eigenvalue weighted by Gasteiger charge is 2.28. The van der Waals surface area contributed by atoms with E-state index >= 15 is 0 Å². The Morgan fingerprint density at radius 1 is 1.17 bits per heavy atom. The van der Waals surface area contributed by atoms with Gasteiger partial charge in [0.2, 0.25) is 5.91 Å². The second kappa shape index (κ2) is 8.23. The highest BCUT2D eigenvalue weighted by molar-refractivity contribution is 7.15. The van der Waals surface area contributed by atoms with Gasteiger partial charge in [-0.05, 0) is 30.7 Å². The maximum Gasteiger partial charge on any atom is 0.262 e. The molecule has 6 nitrogen and oxygen atoms in total. The number of anilines is 1. The van der Waals surface area contributed by atoms with Crippen LogP contribution in [0.1, 0.15) is 17.0 Å². The van der Waals surface area contributed by atoms with Gasteiger partial charge in [0, 0.05) is 16.6 Å². The number of nitrogens with one attached hydrogen (secondary N) is 1. The number of aryl methyl sites for hydroxylation is 1. The molecule has 1 aliphatic heterocycles. The second-order valence-corrected chi connectivity index (χ2v) is 7.54. The van der Waals surface area contributed by atoms with Crippen molar-refractivity contribution in [3.63, 3.8) is 0 Å². The number of benzene rings is 1. The lowest BCUT2D eigenvalue weighted by Crippen LogP contribution is -2.30. The number of dihydropyridines is 1. The predicted octanol–water partition coefficient (Wildman–Crippen LogP) is 4.13. The van der Waals surface area contributed by atoms with Crippen LogP contribution < -0.4 is 5.32 Å². The van der Waals surface area contributed by atoms with Crippen LogP contribution in [0.15, 0.2) is 71.1 Å². The van der Waals surface area contributed by atoms with Gasteiger partial charge >= 0.3 is 0 Å². The van der Waals surface area contributed by atoms with Crippen LogP contribution in [0.4, 0.5) is 5.00 Å². The zero-order chi connectivity index (χ0) is 21.1. The van der Waals surface area contributed by atoms with Gasteiger partial charge in [-0.3, -0.25) is 14.6 Å². The fourth-order valence-corrected chi connectivity index (χ4v) is 4.03. The summed E-state index contributed by atoms with van der Waals surface area (Å²) >= 11 is 1.25. The molecule has 4 rings (SSSR count). The van der Waals surface area contributed by atoms with Gasteiger partial charge < -0.3 is 5.32 Å². The molecule has 1 N–H and O–H groups in total. The third-order valence-electron chi connectivity index (χ3n) is 4.60. The fraction of sp³-hybridized carbons (Fsp3) is 0.0870. The van der Waals surface area contributed by atoms with E-state index in [1.807, 2.05) is 54.8 Å². The lowest BCUT2D eigenvalue weighted by atomic mass is 10.0. The molecule has 2 amide bonds. The number of aromatic nitrogens is 1. The third-order valence-corrected chi connectivity index (χ3v) is 5.50. The van der Waals surface area contributed by atoms with Gasteiger partial charge in [0.25, 0.3) is 5.91 Å². The van der Waals surface area contributed by atoms with Crippen molar-refractivity contribution in [1.82, 2.24) is 4.98 Å². The minimum absolute atomic E-state index is 0.375. The molecular weight excluding hydrogens is 396 g/mol. The van der Waals surface area contributed by atoms with E-state index in [9.17, 15) is 14.9 Å². The summed E-state index contributed by atoms with van der Waals surface area (Å²) < 4.78 is 0. The highest BCUT2D eigenvalue weighted by Crippen LogP contribution is 2.35. The number of pyridine rings is 1. The van der Waals surface area contributed by atoms with Crippen LogP contribution in [0.25, 0.3) is 11.1 Å². The number of rotatable bonds is 4. The molecule has 3 aromatic rings.